The second-order valence-electron chi connectivity index (χ2n) is 4.19. The molecule has 0 aromatic heterocycles. The van der Waals surface area contributed by atoms with Crippen LogP contribution in [0, 0.1) is 0 Å². The highest BCUT2D eigenvalue weighted by molar-refractivity contribution is 5.25. The number of hydrogen-bond acceptors (Lipinski definition) is 2. The molecule has 0 saturated carbocycles. The summed E-state index contributed by atoms with van der Waals surface area (Å²) in [6.07, 6.45) is 3.34. The van der Waals surface area contributed by atoms with Crippen LogP contribution in [0.1, 0.15) is 37.0 Å². The second kappa shape index (κ2) is 4.77. The third kappa shape index (κ3) is 2.39. The fraction of sp³-hybridized carbons (Fsp3) is 0.538. The fourth-order valence-electron chi connectivity index (χ4n) is 2.09. The van der Waals surface area contributed by atoms with E-state index in [1.165, 1.54) is 11.1 Å². The Hall–Kier alpha value is -0.860. The normalized spacial score (nSPS) is 26.5. The number of rotatable bonds is 2. The molecular formula is C13H19NO. The van der Waals surface area contributed by atoms with Crippen molar-refractivity contribution in [2.45, 2.75) is 38.3 Å². The Morgan fingerprint density at radius 3 is 2.67 bits per heavy atom. The van der Waals surface area contributed by atoms with Crippen molar-refractivity contribution in [3.05, 3.63) is 35.4 Å². The topological polar surface area (TPSA) is 35.2 Å². The zero-order chi connectivity index (χ0) is 10.7. The molecule has 2 N–H and O–H groups in total. The quantitative estimate of drug-likeness (QED) is 0.804. The van der Waals surface area contributed by atoms with Crippen molar-refractivity contribution in [2.24, 2.45) is 5.73 Å². The van der Waals surface area contributed by atoms with Gasteiger partial charge in [-0.25, -0.2) is 0 Å². The van der Waals surface area contributed by atoms with Gasteiger partial charge < -0.3 is 10.5 Å². The van der Waals surface area contributed by atoms with Gasteiger partial charge in [-0.15, -0.1) is 0 Å². The van der Waals surface area contributed by atoms with Crippen molar-refractivity contribution in [1.82, 2.24) is 0 Å². The SMILES string of the molecule is CCc1ccc(C2OCCCC2N)cc1. The van der Waals surface area contributed by atoms with Gasteiger partial charge in [-0.1, -0.05) is 31.2 Å². The maximum Gasteiger partial charge on any atom is 0.0975 e. The van der Waals surface area contributed by atoms with Crippen LogP contribution in [0.25, 0.3) is 0 Å². The first-order valence-electron chi connectivity index (χ1n) is 5.77. The Kier molecular flexibility index (Phi) is 3.39. The number of benzene rings is 1. The minimum absolute atomic E-state index is 0.102. The van der Waals surface area contributed by atoms with Gasteiger partial charge in [-0.05, 0) is 30.4 Å². The molecule has 15 heavy (non-hydrogen) atoms. The van der Waals surface area contributed by atoms with E-state index in [0.717, 1.165) is 25.9 Å². The summed E-state index contributed by atoms with van der Waals surface area (Å²) in [5.41, 5.74) is 8.64. The molecule has 1 aromatic rings. The Bertz CT molecular complexity index is 307. The van der Waals surface area contributed by atoms with Crippen LogP contribution in [0.15, 0.2) is 24.3 Å². The van der Waals surface area contributed by atoms with Gasteiger partial charge in [0.25, 0.3) is 0 Å². The highest BCUT2D eigenvalue weighted by atomic mass is 16.5. The Balaban J connectivity index is 2.13. The summed E-state index contributed by atoms with van der Waals surface area (Å²) in [7, 11) is 0. The average Bonchev–Trinajstić information content (AvgIpc) is 2.30. The Morgan fingerprint density at radius 2 is 2.07 bits per heavy atom. The lowest BCUT2D eigenvalue weighted by atomic mass is 9.96. The van der Waals surface area contributed by atoms with Gasteiger partial charge in [0.15, 0.2) is 0 Å². The van der Waals surface area contributed by atoms with Crippen molar-refractivity contribution >= 4 is 0 Å². The van der Waals surface area contributed by atoms with E-state index in [9.17, 15) is 0 Å². The molecule has 2 rings (SSSR count). The Labute approximate surface area is 91.4 Å². The molecule has 82 valence electrons. The van der Waals surface area contributed by atoms with Crippen molar-refractivity contribution < 1.29 is 4.74 Å². The first-order chi connectivity index (χ1) is 7.31. The summed E-state index contributed by atoms with van der Waals surface area (Å²) in [5, 5.41) is 0. The number of nitrogens with two attached hydrogens (primary N) is 1. The molecule has 1 aliphatic heterocycles. The van der Waals surface area contributed by atoms with Gasteiger partial charge in [-0.3, -0.25) is 0 Å². The maximum atomic E-state index is 6.06. The van der Waals surface area contributed by atoms with Crippen molar-refractivity contribution in [1.29, 1.82) is 0 Å². The van der Waals surface area contributed by atoms with E-state index in [1.807, 2.05) is 0 Å². The van der Waals surface area contributed by atoms with Gasteiger partial charge in [0.2, 0.25) is 0 Å². The average molecular weight is 205 g/mol. The zero-order valence-corrected chi connectivity index (χ0v) is 9.28. The highest BCUT2D eigenvalue weighted by Crippen LogP contribution is 2.27. The molecular weight excluding hydrogens is 186 g/mol. The largest absolute Gasteiger partial charge is 0.372 e. The van der Waals surface area contributed by atoms with Crippen LogP contribution >= 0.6 is 0 Å². The van der Waals surface area contributed by atoms with E-state index < -0.39 is 0 Å². The molecule has 0 amide bonds. The third-order valence-electron chi connectivity index (χ3n) is 3.08. The lowest BCUT2D eigenvalue weighted by Crippen LogP contribution is -2.34. The summed E-state index contributed by atoms with van der Waals surface area (Å²) in [6.45, 7) is 3.01. The van der Waals surface area contributed by atoms with E-state index in [2.05, 4.69) is 31.2 Å². The zero-order valence-electron chi connectivity index (χ0n) is 9.28. The third-order valence-corrected chi connectivity index (χ3v) is 3.08. The minimum Gasteiger partial charge on any atom is -0.372 e. The van der Waals surface area contributed by atoms with E-state index in [-0.39, 0.29) is 12.1 Å². The molecule has 2 nitrogen and oxygen atoms in total. The second-order valence-corrected chi connectivity index (χ2v) is 4.19. The van der Waals surface area contributed by atoms with Crippen LogP contribution in [0.5, 0.6) is 0 Å². The summed E-state index contributed by atoms with van der Waals surface area (Å²) in [5.74, 6) is 0. The van der Waals surface area contributed by atoms with E-state index in [0.29, 0.717) is 0 Å². The van der Waals surface area contributed by atoms with Crippen LogP contribution in [0.2, 0.25) is 0 Å². The molecule has 1 heterocycles. The smallest absolute Gasteiger partial charge is 0.0975 e. The van der Waals surface area contributed by atoms with Gasteiger partial charge in [0.1, 0.15) is 0 Å². The van der Waals surface area contributed by atoms with Crippen LogP contribution in [0.4, 0.5) is 0 Å². The predicted molar refractivity (Wildman–Crippen MR) is 61.7 cm³/mol. The van der Waals surface area contributed by atoms with Crippen LogP contribution in [-0.2, 0) is 11.2 Å². The summed E-state index contributed by atoms with van der Waals surface area (Å²) in [6, 6.07) is 8.79. The lowest BCUT2D eigenvalue weighted by Gasteiger charge is -2.29. The van der Waals surface area contributed by atoms with Crippen LogP contribution in [-0.4, -0.2) is 12.6 Å². The number of aryl methyl sites for hydroxylation is 1. The highest BCUT2D eigenvalue weighted by Gasteiger charge is 2.23. The molecule has 2 heteroatoms. The molecule has 2 atom stereocenters. The standard InChI is InChI=1S/C13H19NO/c1-2-10-5-7-11(8-6-10)13-12(14)4-3-9-15-13/h5-8,12-13H,2-4,9,14H2,1H3. The molecule has 0 aliphatic carbocycles. The molecule has 0 spiro atoms. The van der Waals surface area contributed by atoms with Gasteiger partial charge in [0.05, 0.1) is 6.10 Å². The van der Waals surface area contributed by atoms with E-state index in [1.54, 1.807) is 0 Å². The molecule has 0 radical (unpaired) electrons. The number of ether oxygens (including phenoxy) is 1. The fourth-order valence-corrected chi connectivity index (χ4v) is 2.09. The molecule has 1 saturated heterocycles. The molecule has 1 aromatic carbocycles. The summed E-state index contributed by atoms with van der Waals surface area (Å²) in [4.78, 5) is 0. The predicted octanol–water partition coefficient (Wildman–Crippen LogP) is 2.43. The van der Waals surface area contributed by atoms with Crippen molar-refractivity contribution in [3.63, 3.8) is 0 Å². The van der Waals surface area contributed by atoms with Gasteiger partial charge in [0, 0.05) is 12.6 Å². The number of hydrogen-bond donors (Lipinski definition) is 1. The summed E-state index contributed by atoms with van der Waals surface area (Å²) >= 11 is 0. The van der Waals surface area contributed by atoms with Crippen LogP contribution < -0.4 is 5.73 Å². The monoisotopic (exact) mass is 205 g/mol. The van der Waals surface area contributed by atoms with E-state index >= 15 is 0 Å². The molecule has 0 bridgehead atoms. The first-order valence-corrected chi connectivity index (χ1v) is 5.77. The maximum absolute atomic E-state index is 6.06. The lowest BCUT2D eigenvalue weighted by molar-refractivity contribution is 0.000140. The van der Waals surface area contributed by atoms with Crippen molar-refractivity contribution in [2.75, 3.05) is 6.61 Å². The van der Waals surface area contributed by atoms with Crippen LogP contribution in [0.3, 0.4) is 0 Å². The summed E-state index contributed by atoms with van der Waals surface area (Å²) < 4.78 is 5.72. The Morgan fingerprint density at radius 1 is 1.33 bits per heavy atom. The minimum atomic E-state index is 0.102. The van der Waals surface area contributed by atoms with Gasteiger partial charge in [-0.2, -0.15) is 0 Å². The van der Waals surface area contributed by atoms with Gasteiger partial charge >= 0.3 is 0 Å². The van der Waals surface area contributed by atoms with E-state index in [4.69, 9.17) is 10.5 Å². The molecule has 1 fully saturated rings. The van der Waals surface area contributed by atoms with Crippen molar-refractivity contribution in [3.8, 4) is 0 Å². The first kappa shape index (κ1) is 10.7. The molecule has 1 aliphatic rings. The molecule has 2 unspecified atom stereocenters.